The van der Waals surface area contributed by atoms with E-state index in [1.807, 2.05) is 34.6 Å². The Morgan fingerprint density at radius 3 is 1.83 bits per heavy atom. The van der Waals surface area contributed by atoms with Crippen molar-refractivity contribution in [2.75, 3.05) is 0 Å². The molecule has 0 aromatic heterocycles. The molecule has 0 aromatic carbocycles. The summed E-state index contributed by atoms with van der Waals surface area (Å²) >= 11 is 0. The molecule has 0 aliphatic rings. The van der Waals surface area contributed by atoms with Crippen LogP contribution in [-0.2, 0) is 0 Å². The molecule has 1 nitrogen and oxygen atoms in total. The SMILES string of the molecule is C=C/C=C(O)\C=C/C.CC.CC. The van der Waals surface area contributed by atoms with Crippen molar-refractivity contribution in [3.63, 3.8) is 0 Å². The summed E-state index contributed by atoms with van der Waals surface area (Å²) in [6.45, 7) is 13.3. The molecule has 0 aliphatic carbocycles. The summed E-state index contributed by atoms with van der Waals surface area (Å²) in [5.41, 5.74) is 0. The monoisotopic (exact) mass is 170 g/mol. The molecule has 72 valence electrons. The molecule has 0 aromatic rings. The quantitative estimate of drug-likeness (QED) is 0.485. The highest BCUT2D eigenvalue weighted by molar-refractivity contribution is 5.14. The molecular formula is C11H22O. The van der Waals surface area contributed by atoms with E-state index in [0.29, 0.717) is 0 Å². The molecule has 0 radical (unpaired) electrons. The molecule has 0 spiro atoms. The Morgan fingerprint density at radius 2 is 1.58 bits per heavy atom. The number of aliphatic hydroxyl groups excluding tert-OH is 1. The first kappa shape index (κ1) is 17.2. The highest BCUT2D eigenvalue weighted by Gasteiger charge is 1.74. The van der Waals surface area contributed by atoms with Crippen molar-refractivity contribution in [3.8, 4) is 0 Å². The standard InChI is InChI=1S/C7H10O.2C2H6/c1-3-5-7(8)6-4-2;2*1-2/h3-6,8H,1H2,2H3;2*1-2H3/b6-4-,7-5+;;. The van der Waals surface area contributed by atoms with Crippen LogP contribution in [0.4, 0.5) is 0 Å². The van der Waals surface area contributed by atoms with Gasteiger partial charge >= 0.3 is 0 Å². The van der Waals surface area contributed by atoms with Gasteiger partial charge < -0.3 is 5.11 Å². The van der Waals surface area contributed by atoms with Gasteiger partial charge in [0.05, 0.1) is 0 Å². The van der Waals surface area contributed by atoms with E-state index in [9.17, 15) is 0 Å². The van der Waals surface area contributed by atoms with Crippen LogP contribution in [-0.4, -0.2) is 5.11 Å². The predicted octanol–water partition coefficient (Wildman–Crippen LogP) is 4.24. The van der Waals surface area contributed by atoms with Crippen LogP contribution in [0.5, 0.6) is 0 Å². The van der Waals surface area contributed by atoms with E-state index in [0.717, 1.165) is 0 Å². The molecule has 0 fully saturated rings. The Labute approximate surface area is 77.1 Å². The van der Waals surface area contributed by atoms with E-state index >= 15 is 0 Å². The van der Waals surface area contributed by atoms with Gasteiger partial charge in [0.15, 0.2) is 0 Å². The van der Waals surface area contributed by atoms with Gasteiger partial charge in [0.25, 0.3) is 0 Å². The summed E-state index contributed by atoms with van der Waals surface area (Å²) in [5.74, 6) is 0.238. The van der Waals surface area contributed by atoms with Gasteiger partial charge in [0.2, 0.25) is 0 Å². The average Bonchev–Trinajstić information content (AvgIpc) is 2.12. The molecule has 0 amide bonds. The van der Waals surface area contributed by atoms with E-state index in [2.05, 4.69) is 6.58 Å². The summed E-state index contributed by atoms with van der Waals surface area (Å²) in [7, 11) is 0. The lowest BCUT2D eigenvalue weighted by Crippen LogP contribution is -1.68. The van der Waals surface area contributed by atoms with Gasteiger partial charge in [0.1, 0.15) is 5.76 Å². The highest BCUT2D eigenvalue weighted by atomic mass is 16.3. The minimum atomic E-state index is 0.238. The molecule has 12 heavy (non-hydrogen) atoms. The molecule has 0 aliphatic heterocycles. The molecule has 0 atom stereocenters. The van der Waals surface area contributed by atoms with E-state index in [4.69, 9.17) is 5.11 Å². The van der Waals surface area contributed by atoms with Crippen LogP contribution in [0.2, 0.25) is 0 Å². The largest absolute Gasteiger partial charge is 0.508 e. The second kappa shape index (κ2) is 22.5. The molecule has 0 bridgehead atoms. The lowest BCUT2D eigenvalue weighted by molar-refractivity contribution is 0.432. The third-order valence-electron chi connectivity index (χ3n) is 0.626. The first-order chi connectivity index (χ1) is 5.81. The van der Waals surface area contributed by atoms with Crippen molar-refractivity contribution in [3.05, 3.63) is 36.6 Å². The lowest BCUT2D eigenvalue weighted by atomic mass is 10.4. The normalized spacial score (nSPS) is 9.25. The van der Waals surface area contributed by atoms with Gasteiger partial charge in [-0.05, 0) is 19.1 Å². The molecular weight excluding hydrogens is 148 g/mol. The summed E-state index contributed by atoms with van der Waals surface area (Å²) in [5, 5.41) is 8.75. The van der Waals surface area contributed by atoms with Gasteiger partial charge in [-0.1, -0.05) is 46.4 Å². The molecule has 1 heteroatoms. The fraction of sp³-hybridized carbons (Fsp3) is 0.455. The number of allylic oxidation sites excluding steroid dienone is 4. The van der Waals surface area contributed by atoms with Crippen molar-refractivity contribution in [2.24, 2.45) is 0 Å². The lowest BCUT2D eigenvalue weighted by Gasteiger charge is -1.82. The van der Waals surface area contributed by atoms with E-state index in [1.165, 1.54) is 12.2 Å². The second-order valence-corrected chi connectivity index (χ2v) is 1.33. The van der Waals surface area contributed by atoms with Crippen molar-refractivity contribution in [1.29, 1.82) is 0 Å². The summed E-state index contributed by atoms with van der Waals surface area (Å²) < 4.78 is 0. The minimum absolute atomic E-state index is 0.238. The third-order valence-corrected chi connectivity index (χ3v) is 0.626. The van der Waals surface area contributed by atoms with Gasteiger partial charge in [-0.2, -0.15) is 0 Å². The zero-order valence-electron chi connectivity index (χ0n) is 8.96. The minimum Gasteiger partial charge on any atom is -0.508 e. The average molecular weight is 170 g/mol. The first-order valence-corrected chi connectivity index (χ1v) is 4.45. The fourth-order valence-corrected chi connectivity index (χ4v) is 0.347. The Hall–Kier alpha value is -0.980. The predicted molar refractivity (Wildman–Crippen MR) is 58.4 cm³/mol. The molecule has 1 N–H and O–H groups in total. The maximum absolute atomic E-state index is 8.75. The van der Waals surface area contributed by atoms with Crippen LogP contribution in [0, 0.1) is 0 Å². The number of hydrogen-bond donors (Lipinski definition) is 1. The zero-order valence-corrected chi connectivity index (χ0v) is 8.96. The molecule has 0 heterocycles. The maximum atomic E-state index is 8.75. The topological polar surface area (TPSA) is 20.2 Å². The highest BCUT2D eigenvalue weighted by Crippen LogP contribution is 1.88. The van der Waals surface area contributed by atoms with Crippen LogP contribution < -0.4 is 0 Å². The van der Waals surface area contributed by atoms with Gasteiger partial charge in [-0.25, -0.2) is 0 Å². The second-order valence-electron chi connectivity index (χ2n) is 1.33. The van der Waals surface area contributed by atoms with Crippen molar-refractivity contribution >= 4 is 0 Å². The summed E-state index contributed by atoms with van der Waals surface area (Å²) in [6.07, 6.45) is 6.42. The number of rotatable bonds is 2. The Morgan fingerprint density at radius 1 is 1.17 bits per heavy atom. The van der Waals surface area contributed by atoms with Gasteiger partial charge in [-0.3, -0.25) is 0 Å². The summed E-state index contributed by atoms with van der Waals surface area (Å²) in [6, 6.07) is 0. The fourth-order valence-electron chi connectivity index (χ4n) is 0.347. The maximum Gasteiger partial charge on any atom is 0.115 e. The molecule has 0 saturated carbocycles. The van der Waals surface area contributed by atoms with Crippen molar-refractivity contribution in [1.82, 2.24) is 0 Å². The van der Waals surface area contributed by atoms with E-state index in [-0.39, 0.29) is 5.76 Å². The van der Waals surface area contributed by atoms with Crippen LogP contribution in [0.15, 0.2) is 36.6 Å². The number of aliphatic hydroxyl groups is 1. The smallest absolute Gasteiger partial charge is 0.115 e. The molecule has 0 rings (SSSR count). The summed E-state index contributed by atoms with van der Waals surface area (Å²) in [4.78, 5) is 0. The first-order valence-electron chi connectivity index (χ1n) is 4.45. The van der Waals surface area contributed by atoms with Crippen molar-refractivity contribution < 1.29 is 5.11 Å². The van der Waals surface area contributed by atoms with Gasteiger partial charge in [0, 0.05) is 0 Å². The van der Waals surface area contributed by atoms with Crippen LogP contribution in [0.3, 0.4) is 0 Å². The van der Waals surface area contributed by atoms with Crippen LogP contribution >= 0.6 is 0 Å². The Bertz CT molecular complexity index is 121. The number of hydrogen-bond acceptors (Lipinski definition) is 1. The van der Waals surface area contributed by atoms with E-state index < -0.39 is 0 Å². The molecule has 0 saturated heterocycles. The van der Waals surface area contributed by atoms with Gasteiger partial charge in [-0.15, -0.1) is 0 Å². The molecule has 0 unspecified atom stereocenters. The van der Waals surface area contributed by atoms with Crippen LogP contribution in [0.1, 0.15) is 34.6 Å². The van der Waals surface area contributed by atoms with Crippen molar-refractivity contribution in [2.45, 2.75) is 34.6 Å². The Balaban J connectivity index is -0.000000175. The van der Waals surface area contributed by atoms with E-state index in [1.54, 1.807) is 12.2 Å². The Kier molecular flexibility index (Phi) is 32.2. The van der Waals surface area contributed by atoms with Crippen LogP contribution in [0.25, 0.3) is 0 Å². The third kappa shape index (κ3) is 23.0. The zero-order chi connectivity index (χ0) is 10.4.